The van der Waals surface area contributed by atoms with E-state index in [1.54, 1.807) is 0 Å². The van der Waals surface area contributed by atoms with E-state index in [-0.39, 0.29) is 0 Å². The van der Waals surface area contributed by atoms with E-state index in [1.807, 2.05) is 0 Å². The molecule has 2 nitrogen and oxygen atoms in total. The zero-order valence-electron chi connectivity index (χ0n) is 17.0. The second-order valence-corrected chi connectivity index (χ2v) is 9.96. The molecule has 0 aliphatic heterocycles. The summed E-state index contributed by atoms with van der Waals surface area (Å²) in [6.07, 6.45) is 21.1. The molecule has 0 aromatic carbocycles. The summed E-state index contributed by atoms with van der Waals surface area (Å²) in [5.74, 6) is 6.35. The summed E-state index contributed by atoms with van der Waals surface area (Å²) < 4.78 is 0. The monoisotopic (exact) mass is 354 g/mol. The Morgan fingerprint density at radius 1 is 0.577 bits per heavy atom. The van der Waals surface area contributed by atoms with Gasteiger partial charge in [-0.2, -0.15) is 0 Å². The molecule has 1 aromatic rings. The van der Waals surface area contributed by atoms with Gasteiger partial charge in [0.15, 0.2) is 0 Å². The highest BCUT2D eigenvalue weighted by Gasteiger charge is 2.30. The van der Waals surface area contributed by atoms with E-state index in [4.69, 9.17) is 9.97 Å². The van der Waals surface area contributed by atoms with Gasteiger partial charge < -0.3 is 0 Å². The van der Waals surface area contributed by atoms with Gasteiger partial charge in [0.05, 0.1) is 0 Å². The Morgan fingerprint density at radius 3 is 1.54 bits per heavy atom. The molecule has 0 bridgehead atoms. The molecular formula is C24H38N2. The van der Waals surface area contributed by atoms with E-state index in [0.717, 1.165) is 29.5 Å². The summed E-state index contributed by atoms with van der Waals surface area (Å²) >= 11 is 0. The van der Waals surface area contributed by atoms with Crippen LogP contribution in [0.5, 0.6) is 0 Å². The summed E-state index contributed by atoms with van der Waals surface area (Å²) in [6, 6.07) is 0. The van der Waals surface area contributed by atoms with Crippen LogP contribution in [0.25, 0.3) is 0 Å². The number of aromatic nitrogens is 2. The predicted molar refractivity (Wildman–Crippen MR) is 108 cm³/mol. The Hall–Kier alpha value is -0.920. The average Bonchev–Trinajstić information content (AvgIpc) is 2.70. The lowest BCUT2D eigenvalue weighted by molar-refractivity contribution is 0.165. The minimum absolute atomic E-state index is 0.615. The van der Waals surface area contributed by atoms with Crippen LogP contribution in [0.2, 0.25) is 0 Å². The van der Waals surface area contributed by atoms with E-state index in [1.165, 1.54) is 82.6 Å². The second-order valence-electron chi connectivity index (χ2n) is 9.96. The Morgan fingerprint density at radius 2 is 1.00 bits per heavy atom. The van der Waals surface area contributed by atoms with E-state index < -0.39 is 0 Å². The first-order chi connectivity index (χ1) is 12.7. The van der Waals surface area contributed by atoms with E-state index >= 15 is 0 Å². The second kappa shape index (κ2) is 8.40. The van der Waals surface area contributed by atoms with E-state index in [0.29, 0.717) is 11.8 Å². The summed E-state index contributed by atoms with van der Waals surface area (Å²) in [4.78, 5) is 9.62. The van der Waals surface area contributed by atoms with Crippen LogP contribution in [0, 0.1) is 23.7 Å². The number of hydrogen-bond acceptors (Lipinski definition) is 2. The molecule has 0 unspecified atom stereocenters. The van der Waals surface area contributed by atoms with Crippen molar-refractivity contribution in [3.05, 3.63) is 23.8 Å². The molecular weight excluding hydrogens is 316 g/mol. The van der Waals surface area contributed by atoms with Gasteiger partial charge >= 0.3 is 0 Å². The van der Waals surface area contributed by atoms with E-state index in [2.05, 4.69) is 26.2 Å². The van der Waals surface area contributed by atoms with Crippen molar-refractivity contribution in [2.75, 3.05) is 0 Å². The van der Waals surface area contributed by atoms with Crippen molar-refractivity contribution in [1.82, 2.24) is 9.97 Å². The molecule has 0 radical (unpaired) electrons. The van der Waals surface area contributed by atoms with E-state index in [9.17, 15) is 0 Å². The summed E-state index contributed by atoms with van der Waals surface area (Å²) in [7, 11) is 0. The lowest BCUT2D eigenvalue weighted by atomic mass is 9.69. The van der Waals surface area contributed by atoms with Crippen molar-refractivity contribution in [1.29, 1.82) is 0 Å². The van der Waals surface area contributed by atoms with Crippen LogP contribution in [-0.2, 0) is 0 Å². The molecule has 0 atom stereocenters. The molecule has 0 amide bonds. The van der Waals surface area contributed by atoms with Gasteiger partial charge in [-0.25, -0.2) is 9.97 Å². The van der Waals surface area contributed by atoms with Gasteiger partial charge in [0, 0.05) is 18.3 Å². The van der Waals surface area contributed by atoms with Crippen LogP contribution >= 0.6 is 0 Å². The molecule has 3 aliphatic carbocycles. The van der Waals surface area contributed by atoms with Gasteiger partial charge in [-0.1, -0.05) is 39.5 Å². The van der Waals surface area contributed by atoms with Gasteiger partial charge in [-0.15, -0.1) is 0 Å². The highest BCUT2D eigenvalue weighted by molar-refractivity contribution is 5.14. The summed E-state index contributed by atoms with van der Waals surface area (Å²) in [5, 5.41) is 0. The number of nitrogens with zero attached hydrogens (tertiary/aromatic N) is 2. The molecule has 1 aromatic heterocycles. The standard InChI is InChI=1S/C24H38N2/c1-17-3-7-19(8-4-17)20-11-13-21(14-12-20)23-15-25-24(26-16-23)22-9-5-18(2)6-10-22/h15-22H,3-14H2,1-2H3. The molecule has 3 fully saturated rings. The maximum absolute atomic E-state index is 4.81. The molecule has 0 saturated heterocycles. The first-order valence-corrected chi connectivity index (χ1v) is 11.5. The van der Waals surface area contributed by atoms with Crippen LogP contribution in [0.15, 0.2) is 12.4 Å². The minimum Gasteiger partial charge on any atom is -0.241 e. The van der Waals surface area contributed by atoms with Crippen molar-refractivity contribution in [2.24, 2.45) is 23.7 Å². The molecule has 2 heteroatoms. The van der Waals surface area contributed by atoms with Crippen LogP contribution in [0.1, 0.15) is 114 Å². The third-order valence-electron chi connectivity index (χ3n) is 8.04. The maximum Gasteiger partial charge on any atom is 0.131 e. The average molecular weight is 355 g/mol. The lowest BCUT2D eigenvalue weighted by Gasteiger charge is -2.37. The smallest absolute Gasteiger partial charge is 0.131 e. The fourth-order valence-electron chi connectivity index (χ4n) is 5.97. The first-order valence-electron chi connectivity index (χ1n) is 11.5. The number of rotatable bonds is 3. The van der Waals surface area contributed by atoms with Crippen molar-refractivity contribution < 1.29 is 0 Å². The third-order valence-corrected chi connectivity index (χ3v) is 8.04. The normalized spacial score (nSPS) is 38.8. The first kappa shape index (κ1) is 18.4. The highest BCUT2D eigenvalue weighted by atomic mass is 14.9. The molecule has 3 aliphatic rings. The fourth-order valence-corrected chi connectivity index (χ4v) is 5.97. The maximum atomic E-state index is 4.81. The third kappa shape index (κ3) is 4.31. The van der Waals surface area contributed by atoms with Crippen molar-refractivity contribution in [2.45, 2.75) is 103 Å². The topological polar surface area (TPSA) is 25.8 Å². The molecule has 0 spiro atoms. The Balaban J connectivity index is 1.29. The van der Waals surface area contributed by atoms with Crippen molar-refractivity contribution >= 4 is 0 Å². The molecule has 1 heterocycles. The zero-order valence-corrected chi connectivity index (χ0v) is 17.0. The number of hydrogen-bond donors (Lipinski definition) is 0. The molecule has 0 N–H and O–H groups in total. The van der Waals surface area contributed by atoms with Gasteiger partial charge in [0.25, 0.3) is 0 Å². The summed E-state index contributed by atoms with van der Waals surface area (Å²) in [6.45, 7) is 4.81. The fraction of sp³-hybridized carbons (Fsp3) is 0.833. The van der Waals surface area contributed by atoms with Gasteiger partial charge in [0.1, 0.15) is 5.82 Å². The van der Waals surface area contributed by atoms with Crippen LogP contribution < -0.4 is 0 Å². The quantitative estimate of drug-likeness (QED) is 0.592. The summed E-state index contributed by atoms with van der Waals surface area (Å²) in [5.41, 5.74) is 1.41. The van der Waals surface area contributed by atoms with Crippen LogP contribution in [0.3, 0.4) is 0 Å². The largest absolute Gasteiger partial charge is 0.241 e. The van der Waals surface area contributed by atoms with Gasteiger partial charge in [-0.05, 0) is 86.5 Å². The van der Waals surface area contributed by atoms with Gasteiger partial charge in [-0.3, -0.25) is 0 Å². The van der Waals surface area contributed by atoms with Gasteiger partial charge in [0.2, 0.25) is 0 Å². The Bertz CT molecular complexity index is 542. The zero-order chi connectivity index (χ0) is 17.9. The Labute approximate surface area is 160 Å². The highest BCUT2D eigenvalue weighted by Crippen LogP contribution is 2.43. The lowest BCUT2D eigenvalue weighted by Crippen LogP contribution is -2.25. The van der Waals surface area contributed by atoms with Crippen molar-refractivity contribution in [3.8, 4) is 0 Å². The molecule has 26 heavy (non-hydrogen) atoms. The van der Waals surface area contributed by atoms with Crippen LogP contribution in [-0.4, -0.2) is 9.97 Å². The SMILES string of the molecule is CC1CCC(c2ncc(C3CCC(C4CCC(C)CC4)CC3)cn2)CC1. The predicted octanol–water partition coefficient (Wildman–Crippen LogP) is 6.87. The van der Waals surface area contributed by atoms with Crippen molar-refractivity contribution in [3.63, 3.8) is 0 Å². The minimum atomic E-state index is 0.615. The Kier molecular flexibility index (Phi) is 5.96. The van der Waals surface area contributed by atoms with Crippen LogP contribution in [0.4, 0.5) is 0 Å². The molecule has 4 rings (SSSR count). The molecule has 3 saturated carbocycles. The molecule has 144 valence electrons.